The van der Waals surface area contributed by atoms with Crippen molar-refractivity contribution >= 4 is 0 Å². The number of nitrogens with zero attached hydrogens (tertiary/aromatic N) is 2. The molecular formula is C18H22N2O2. The van der Waals surface area contributed by atoms with Crippen LogP contribution in [-0.4, -0.2) is 11.8 Å². The zero-order chi connectivity index (χ0) is 16.1. The first kappa shape index (κ1) is 16.1. The lowest BCUT2D eigenvalue weighted by molar-refractivity contribution is 0.304. The van der Waals surface area contributed by atoms with Crippen LogP contribution in [0.5, 0.6) is 5.75 Å². The van der Waals surface area contributed by atoms with E-state index < -0.39 is 0 Å². The van der Waals surface area contributed by atoms with Gasteiger partial charge in [-0.15, -0.1) is 0 Å². The number of hydrogen-bond donors (Lipinski definition) is 0. The minimum atomic E-state index is -0.186. The molecule has 0 radical (unpaired) electrons. The van der Waals surface area contributed by atoms with E-state index in [4.69, 9.17) is 9.26 Å². The van der Waals surface area contributed by atoms with Gasteiger partial charge in [0.2, 0.25) is 0 Å². The normalized spacial score (nSPS) is 12.0. The largest absolute Gasteiger partial charge is 0.494 e. The fourth-order valence-electron chi connectivity index (χ4n) is 2.54. The summed E-state index contributed by atoms with van der Waals surface area (Å²) < 4.78 is 10.9. The molecule has 22 heavy (non-hydrogen) atoms. The second-order valence-corrected chi connectivity index (χ2v) is 5.66. The lowest BCUT2D eigenvalue weighted by Gasteiger charge is -2.11. The average molecular weight is 298 g/mol. The summed E-state index contributed by atoms with van der Waals surface area (Å²) in [5.74, 6) is 1.43. The zero-order valence-electron chi connectivity index (χ0n) is 13.6. The number of aromatic nitrogens is 1. The molecule has 4 nitrogen and oxygen atoms in total. The maximum absolute atomic E-state index is 9.37. The number of aryl methyl sites for hydroxylation is 4. The van der Waals surface area contributed by atoms with E-state index in [1.54, 1.807) is 0 Å². The van der Waals surface area contributed by atoms with Crippen LogP contribution < -0.4 is 4.74 Å². The number of benzene rings is 1. The van der Waals surface area contributed by atoms with E-state index in [9.17, 15) is 5.26 Å². The summed E-state index contributed by atoms with van der Waals surface area (Å²) in [6.07, 6.45) is 1.56. The molecule has 116 valence electrons. The van der Waals surface area contributed by atoms with Gasteiger partial charge < -0.3 is 9.26 Å². The maximum Gasteiger partial charge on any atom is 0.138 e. The summed E-state index contributed by atoms with van der Waals surface area (Å²) in [5.41, 5.74) is 4.21. The van der Waals surface area contributed by atoms with Gasteiger partial charge in [0.15, 0.2) is 0 Å². The molecule has 0 aliphatic carbocycles. The molecule has 0 saturated heterocycles. The molecule has 4 heteroatoms. The van der Waals surface area contributed by atoms with Crippen LogP contribution in [0.4, 0.5) is 0 Å². The van der Waals surface area contributed by atoms with Crippen LogP contribution in [-0.2, 0) is 0 Å². The van der Waals surface area contributed by atoms with Crippen molar-refractivity contribution in [2.75, 3.05) is 6.61 Å². The van der Waals surface area contributed by atoms with Crippen molar-refractivity contribution in [2.45, 2.75) is 46.5 Å². The van der Waals surface area contributed by atoms with Crippen molar-refractivity contribution < 1.29 is 9.26 Å². The van der Waals surface area contributed by atoms with Crippen LogP contribution in [0.3, 0.4) is 0 Å². The number of nitriles is 1. The van der Waals surface area contributed by atoms with E-state index in [0.29, 0.717) is 6.61 Å². The lowest BCUT2D eigenvalue weighted by Crippen LogP contribution is -2.03. The van der Waals surface area contributed by atoms with Gasteiger partial charge in [-0.2, -0.15) is 5.26 Å². The zero-order valence-corrected chi connectivity index (χ0v) is 13.6. The van der Waals surface area contributed by atoms with Crippen molar-refractivity contribution in [3.63, 3.8) is 0 Å². The van der Waals surface area contributed by atoms with Gasteiger partial charge in [-0.3, -0.25) is 0 Å². The SMILES string of the molecule is Cc1ccc(OCCCC(C#N)c2c(C)noc2C)cc1C. The summed E-state index contributed by atoms with van der Waals surface area (Å²) in [5, 5.41) is 13.3. The molecule has 0 aliphatic heterocycles. The first-order valence-corrected chi connectivity index (χ1v) is 7.55. The number of hydrogen-bond acceptors (Lipinski definition) is 4. The Kier molecular flexibility index (Phi) is 5.21. The van der Waals surface area contributed by atoms with Crippen LogP contribution in [0.25, 0.3) is 0 Å². The molecule has 0 spiro atoms. The highest BCUT2D eigenvalue weighted by atomic mass is 16.5. The third-order valence-corrected chi connectivity index (χ3v) is 3.98. The van der Waals surface area contributed by atoms with Crippen LogP contribution in [0, 0.1) is 39.0 Å². The fraction of sp³-hybridized carbons (Fsp3) is 0.444. The predicted molar refractivity (Wildman–Crippen MR) is 85.0 cm³/mol. The maximum atomic E-state index is 9.37. The molecule has 0 N–H and O–H groups in total. The van der Waals surface area contributed by atoms with Crippen molar-refractivity contribution in [3.05, 3.63) is 46.3 Å². The topological polar surface area (TPSA) is 59.0 Å². The monoisotopic (exact) mass is 298 g/mol. The summed E-state index contributed by atoms with van der Waals surface area (Å²) in [4.78, 5) is 0. The van der Waals surface area contributed by atoms with Gasteiger partial charge in [0.25, 0.3) is 0 Å². The molecule has 0 amide bonds. The molecule has 0 aliphatic rings. The molecule has 1 atom stereocenters. The summed E-state index contributed by atoms with van der Waals surface area (Å²) in [7, 11) is 0. The minimum Gasteiger partial charge on any atom is -0.494 e. The number of ether oxygens (including phenoxy) is 1. The highest BCUT2D eigenvalue weighted by Gasteiger charge is 2.19. The Hall–Kier alpha value is -2.28. The molecule has 0 saturated carbocycles. The van der Waals surface area contributed by atoms with Crippen LogP contribution >= 0.6 is 0 Å². The molecule has 2 aromatic rings. The predicted octanol–water partition coefficient (Wildman–Crippen LogP) is 4.37. The summed E-state index contributed by atoms with van der Waals surface area (Å²) >= 11 is 0. The van der Waals surface area contributed by atoms with Crippen molar-refractivity contribution in [1.82, 2.24) is 5.16 Å². The molecule has 1 unspecified atom stereocenters. The van der Waals surface area contributed by atoms with Crippen LogP contribution in [0.1, 0.15) is 46.9 Å². The molecule has 1 aromatic carbocycles. The molecule has 1 heterocycles. The molecule has 1 aromatic heterocycles. The first-order chi connectivity index (χ1) is 10.5. The van der Waals surface area contributed by atoms with E-state index in [1.165, 1.54) is 11.1 Å². The van der Waals surface area contributed by atoms with Crippen molar-refractivity contribution in [1.29, 1.82) is 5.26 Å². The van der Waals surface area contributed by atoms with Gasteiger partial charge in [-0.05, 0) is 63.8 Å². The van der Waals surface area contributed by atoms with E-state index in [-0.39, 0.29) is 5.92 Å². The molecule has 0 fully saturated rings. The third-order valence-electron chi connectivity index (χ3n) is 3.98. The highest BCUT2D eigenvalue weighted by Crippen LogP contribution is 2.27. The molecular weight excluding hydrogens is 276 g/mol. The Labute approximate surface area is 131 Å². The average Bonchev–Trinajstić information content (AvgIpc) is 2.83. The third kappa shape index (κ3) is 3.67. The van der Waals surface area contributed by atoms with Gasteiger partial charge in [-0.25, -0.2) is 0 Å². The molecule has 0 bridgehead atoms. The Balaban J connectivity index is 1.87. The van der Waals surface area contributed by atoms with E-state index >= 15 is 0 Å². The first-order valence-electron chi connectivity index (χ1n) is 7.55. The van der Waals surface area contributed by atoms with Crippen LogP contribution in [0.2, 0.25) is 0 Å². The highest BCUT2D eigenvalue weighted by molar-refractivity contribution is 5.34. The Morgan fingerprint density at radius 3 is 2.59 bits per heavy atom. The molecule has 2 rings (SSSR count). The van der Waals surface area contributed by atoms with Gasteiger partial charge >= 0.3 is 0 Å². The van der Waals surface area contributed by atoms with Crippen LogP contribution in [0.15, 0.2) is 22.7 Å². The van der Waals surface area contributed by atoms with E-state index in [2.05, 4.69) is 31.1 Å². The Morgan fingerprint density at radius 2 is 2.00 bits per heavy atom. The standard InChI is InChI=1S/C18H22N2O2/c1-12-7-8-17(10-13(12)2)21-9-5-6-16(11-19)18-14(3)20-22-15(18)4/h7-8,10,16H,5-6,9H2,1-4H3. The van der Waals surface area contributed by atoms with Crippen molar-refractivity contribution in [2.24, 2.45) is 0 Å². The fourth-order valence-corrected chi connectivity index (χ4v) is 2.54. The van der Waals surface area contributed by atoms with Gasteiger partial charge in [0.05, 0.1) is 24.3 Å². The Bertz CT molecular complexity index is 663. The second-order valence-electron chi connectivity index (χ2n) is 5.66. The van der Waals surface area contributed by atoms with Gasteiger partial charge in [-0.1, -0.05) is 11.2 Å². The van der Waals surface area contributed by atoms with Gasteiger partial charge in [0, 0.05) is 5.56 Å². The van der Waals surface area contributed by atoms with E-state index in [1.807, 2.05) is 26.0 Å². The lowest BCUT2D eigenvalue weighted by atomic mass is 9.94. The quantitative estimate of drug-likeness (QED) is 0.743. The summed E-state index contributed by atoms with van der Waals surface area (Å²) in [6.45, 7) is 8.49. The van der Waals surface area contributed by atoms with Gasteiger partial charge in [0.1, 0.15) is 11.5 Å². The minimum absolute atomic E-state index is 0.186. The smallest absolute Gasteiger partial charge is 0.138 e. The van der Waals surface area contributed by atoms with E-state index in [0.717, 1.165) is 35.6 Å². The second kappa shape index (κ2) is 7.13. The summed E-state index contributed by atoms with van der Waals surface area (Å²) in [6, 6.07) is 8.44. The van der Waals surface area contributed by atoms with Crippen molar-refractivity contribution in [3.8, 4) is 11.8 Å². The Morgan fingerprint density at radius 1 is 1.23 bits per heavy atom. The number of rotatable bonds is 6.